The van der Waals surface area contributed by atoms with Gasteiger partial charge in [-0.15, -0.1) is 0 Å². The Labute approximate surface area is 224 Å². The molecule has 0 unspecified atom stereocenters. The van der Waals surface area contributed by atoms with E-state index in [9.17, 15) is 9.59 Å². The lowest BCUT2D eigenvalue weighted by molar-refractivity contribution is -0.141. The molecule has 0 saturated heterocycles. The van der Waals surface area contributed by atoms with Crippen molar-refractivity contribution in [3.05, 3.63) is 106 Å². The Balaban J connectivity index is 1.98. The first kappa shape index (κ1) is 27.8. The average molecular weight is 526 g/mol. The molecule has 36 heavy (non-hydrogen) atoms. The number of carbonyl (C=O) groups is 2. The van der Waals surface area contributed by atoms with Gasteiger partial charge in [-0.25, -0.2) is 0 Å². The van der Waals surface area contributed by atoms with Gasteiger partial charge in [0, 0.05) is 35.0 Å². The topological polar surface area (TPSA) is 49.4 Å². The largest absolute Gasteiger partial charge is 0.352 e. The van der Waals surface area contributed by atoms with Crippen LogP contribution < -0.4 is 5.32 Å². The van der Waals surface area contributed by atoms with E-state index in [1.54, 1.807) is 17.0 Å². The quantitative estimate of drug-likeness (QED) is 0.287. The number of carbonyl (C=O) groups excluding carboxylic acids is 2. The maximum Gasteiger partial charge on any atom is 0.243 e. The van der Waals surface area contributed by atoms with E-state index < -0.39 is 6.04 Å². The summed E-state index contributed by atoms with van der Waals surface area (Å²) in [5.41, 5.74) is 2.86. The van der Waals surface area contributed by atoms with Gasteiger partial charge in [0.15, 0.2) is 0 Å². The number of nitrogens with one attached hydrogen (secondary N) is 1. The van der Waals surface area contributed by atoms with Crippen molar-refractivity contribution >= 4 is 35.0 Å². The summed E-state index contributed by atoms with van der Waals surface area (Å²) in [7, 11) is 0. The van der Waals surface area contributed by atoms with Crippen molar-refractivity contribution in [1.82, 2.24) is 10.2 Å². The zero-order chi connectivity index (χ0) is 26.1. The normalized spacial score (nSPS) is 12.7. The van der Waals surface area contributed by atoms with E-state index >= 15 is 0 Å². The van der Waals surface area contributed by atoms with E-state index in [1.807, 2.05) is 87.5 Å². The summed E-state index contributed by atoms with van der Waals surface area (Å²) >= 11 is 12.6. The molecule has 2 amide bonds. The van der Waals surface area contributed by atoms with Gasteiger partial charge < -0.3 is 10.2 Å². The minimum atomic E-state index is -0.620. The minimum Gasteiger partial charge on any atom is -0.352 e. The molecule has 0 radical (unpaired) electrons. The molecule has 0 heterocycles. The summed E-state index contributed by atoms with van der Waals surface area (Å²) in [6, 6.07) is 24.7. The van der Waals surface area contributed by atoms with Crippen LogP contribution in [0.1, 0.15) is 62.6 Å². The molecule has 3 aromatic carbocycles. The molecule has 0 aromatic heterocycles. The lowest BCUT2D eigenvalue weighted by Gasteiger charge is -2.33. The Morgan fingerprint density at radius 2 is 1.44 bits per heavy atom. The van der Waals surface area contributed by atoms with Gasteiger partial charge in [-0.1, -0.05) is 104 Å². The summed E-state index contributed by atoms with van der Waals surface area (Å²) in [5, 5.41) is 4.05. The standard InChI is InChI=1S/C30H34Cl2N2O2/c1-4-21(3)33-30(36)28(5-2)34(20-24-16-17-25(31)18-27(24)32)29(35)19-26(22-12-8-6-9-13-22)23-14-10-7-11-15-23/h6-18,21,26,28H,4-5,19-20H2,1-3H3,(H,33,36)/t21-,28-/m0/s1. The molecule has 0 spiro atoms. The van der Waals surface area contributed by atoms with E-state index in [4.69, 9.17) is 23.2 Å². The second-order valence-electron chi connectivity index (χ2n) is 9.08. The van der Waals surface area contributed by atoms with Crippen molar-refractivity contribution in [2.75, 3.05) is 0 Å². The fourth-order valence-corrected chi connectivity index (χ4v) is 4.75. The Morgan fingerprint density at radius 3 is 1.94 bits per heavy atom. The lowest BCUT2D eigenvalue weighted by Crippen LogP contribution is -2.51. The number of hydrogen-bond donors (Lipinski definition) is 1. The van der Waals surface area contributed by atoms with Crippen molar-refractivity contribution in [2.45, 2.75) is 64.6 Å². The van der Waals surface area contributed by atoms with Gasteiger partial charge in [-0.05, 0) is 48.6 Å². The summed E-state index contributed by atoms with van der Waals surface area (Å²) in [6.45, 7) is 6.13. The fraction of sp³-hybridized carbons (Fsp3) is 0.333. The zero-order valence-corrected chi connectivity index (χ0v) is 22.6. The molecule has 0 aliphatic carbocycles. The van der Waals surface area contributed by atoms with Crippen LogP contribution in [0.3, 0.4) is 0 Å². The molecule has 1 N–H and O–H groups in total. The van der Waals surface area contributed by atoms with Crippen LogP contribution in [-0.2, 0) is 16.1 Å². The van der Waals surface area contributed by atoms with Crippen molar-refractivity contribution in [3.8, 4) is 0 Å². The summed E-state index contributed by atoms with van der Waals surface area (Å²) < 4.78 is 0. The van der Waals surface area contributed by atoms with E-state index in [0.717, 1.165) is 23.1 Å². The van der Waals surface area contributed by atoms with E-state index in [-0.39, 0.29) is 36.7 Å². The van der Waals surface area contributed by atoms with Crippen molar-refractivity contribution in [2.24, 2.45) is 0 Å². The van der Waals surface area contributed by atoms with Gasteiger partial charge in [-0.2, -0.15) is 0 Å². The molecular formula is C30H34Cl2N2O2. The second-order valence-corrected chi connectivity index (χ2v) is 9.92. The molecule has 2 atom stereocenters. The maximum absolute atomic E-state index is 14.0. The molecular weight excluding hydrogens is 491 g/mol. The predicted octanol–water partition coefficient (Wildman–Crippen LogP) is 7.24. The summed E-state index contributed by atoms with van der Waals surface area (Å²) in [6.07, 6.45) is 1.52. The van der Waals surface area contributed by atoms with Crippen LogP contribution in [0.15, 0.2) is 78.9 Å². The monoisotopic (exact) mass is 524 g/mol. The first-order valence-electron chi connectivity index (χ1n) is 12.5. The second kappa shape index (κ2) is 13.5. The molecule has 4 nitrogen and oxygen atoms in total. The minimum absolute atomic E-state index is 0.0176. The highest BCUT2D eigenvalue weighted by molar-refractivity contribution is 6.35. The van der Waals surface area contributed by atoms with Crippen LogP contribution in [-0.4, -0.2) is 28.8 Å². The highest BCUT2D eigenvalue weighted by Crippen LogP contribution is 2.30. The first-order chi connectivity index (χ1) is 17.3. The van der Waals surface area contributed by atoms with E-state index in [2.05, 4.69) is 5.32 Å². The van der Waals surface area contributed by atoms with Crippen LogP contribution >= 0.6 is 23.2 Å². The molecule has 3 aromatic rings. The van der Waals surface area contributed by atoms with E-state index in [0.29, 0.717) is 16.5 Å². The van der Waals surface area contributed by atoms with Crippen LogP contribution in [0.5, 0.6) is 0 Å². The number of halogens is 2. The van der Waals surface area contributed by atoms with Crippen LogP contribution in [0.25, 0.3) is 0 Å². The molecule has 0 saturated carbocycles. The van der Waals surface area contributed by atoms with Crippen LogP contribution in [0.2, 0.25) is 10.0 Å². The molecule has 190 valence electrons. The molecule has 6 heteroatoms. The molecule has 0 aliphatic heterocycles. The maximum atomic E-state index is 14.0. The van der Waals surface area contributed by atoms with Crippen molar-refractivity contribution in [3.63, 3.8) is 0 Å². The zero-order valence-electron chi connectivity index (χ0n) is 21.1. The molecule has 0 bridgehead atoms. The highest BCUT2D eigenvalue weighted by atomic mass is 35.5. The molecule has 0 aliphatic rings. The lowest BCUT2D eigenvalue weighted by atomic mass is 9.88. The fourth-order valence-electron chi connectivity index (χ4n) is 4.28. The van der Waals surface area contributed by atoms with Gasteiger partial charge in [0.2, 0.25) is 11.8 Å². The predicted molar refractivity (Wildman–Crippen MR) is 148 cm³/mol. The summed E-state index contributed by atoms with van der Waals surface area (Å²) in [4.78, 5) is 29.0. The van der Waals surface area contributed by atoms with Gasteiger partial charge in [0.1, 0.15) is 6.04 Å². The third-order valence-corrected chi connectivity index (χ3v) is 7.11. The van der Waals surface area contributed by atoms with Gasteiger partial charge in [-0.3, -0.25) is 9.59 Å². The molecule has 3 rings (SSSR count). The highest BCUT2D eigenvalue weighted by Gasteiger charge is 2.31. The van der Waals surface area contributed by atoms with E-state index in [1.165, 1.54) is 0 Å². The SMILES string of the molecule is CC[C@H](C)NC(=O)[C@H](CC)N(Cc1ccc(Cl)cc1Cl)C(=O)CC(c1ccccc1)c1ccccc1. The number of rotatable bonds is 11. The first-order valence-corrected chi connectivity index (χ1v) is 13.2. The van der Waals surface area contributed by atoms with Crippen molar-refractivity contribution < 1.29 is 9.59 Å². The van der Waals surface area contributed by atoms with Crippen LogP contribution in [0, 0.1) is 0 Å². The Hall–Kier alpha value is -2.82. The number of hydrogen-bond acceptors (Lipinski definition) is 2. The number of nitrogens with zero attached hydrogens (tertiary/aromatic N) is 1. The Morgan fingerprint density at radius 1 is 0.861 bits per heavy atom. The third-order valence-electron chi connectivity index (χ3n) is 6.53. The smallest absolute Gasteiger partial charge is 0.243 e. The number of benzene rings is 3. The van der Waals surface area contributed by atoms with Crippen LogP contribution in [0.4, 0.5) is 0 Å². The van der Waals surface area contributed by atoms with Gasteiger partial charge >= 0.3 is 0 Å². The molecule has 0 fully saturated rings. The van der Waals surface area contributed by atoms with Gasteiger partial charge in [0.05, 0.1) is 0 Å². The Kier molecular flexibility index (Phi) is 10.4. The summed E-state index contributed by atoms with van der Waals surface area (Å²) in [5.74, 6) is -0.399. The Bertz CT molecular complexity index is 1100. The van der Waals surface area contributed by atoms with Crippen molar-refractivity contribution in [1.29, 1.82) is 0 Å². The average Bonchev–Trinajstić information content (AvgIpc) is 2.89. The third kappa shape index (κ3) is 7.35. The van der Waals surface area contributed by atoms with Gasteiger partial charge in [0.25, 0.3) is 0 Å². The number of amides is 2.